The van der Waals surface area contributed by atoms with Crippen LogP contribution in [0.2, 0.25) is 10.0 Å². The minimum atomic E-state index is -3.91. The summed E-state index contributed by atoms with van der Waals surface area (Å²) in [7, 11) is -1.21. The van der Waals surface area contributed by atoms with Crippen LogP contribution < -0.4 is 14.9 Å². The lowest BCUT2D eigenvalue weighted by Crippen LogP contribution is -2.64. The number of nitrogens with one attached hydrogen (secondary N) is 2. The largest absolute Gasteiger partial charge is 0.423 e. The molecule has 43 heavy (non-hydrogen) atoms. The van der Waals surface area contributed by atoms with Crippen molar-refractivity contribution < 1.29 is 22.2 Å². The highest BCUT2D eigenvalue weighted by molar-refractivity contribution is 7.87. The zero-order chi connectivity index (χ0) is 30.0. The van der Waals surface area contributed by atoms with Gasteiger partial charge in [0.15, 0.2) is 5.58 Å². The van der Waals surface area contributed by atoms with Crippen LogP contribution in [0, 0.1) is 0 Å². The summed E-state index contributed by atoms with van der Waals surface area (Å²) >= 11 is 13.1. The number of benzene rings is 2. The summed E-state index contributed by atoms with van der Waals surface area (Å²) in [6.45, 7) is 0.605. The van der Waals surface area contributed by atoms with Gasteiger partial charge in [-0.25, -0.2) is 4.72 Å². The summed E-state index contributed by atoms with van der Waals surface area (Å²) < 4.78 is 39.0. The van der Waals surface area contributed by atoms with Crippen molar-refractivity contribution in [2.45, 2.75) is 62.7 Å². The number of carbonyl (C=O) groups is 1. The third kappa shape index (κ3) is 5.29. The first-order valence-electron chi connectivity index (χ1n) is 14.2. The van der Waals surface area contributed by atoms with Gasteiger partial charge in [-0.15, -0.1) is 0 Å². The lowest BCUT2D eigenvalue weighted by Gasteiger charge is -2.54. The average molecular weight is 646 g/mol. The molecule has 2 unspecified atom stereocenters. The number of nitrogens with zero attached hydrogens (tertiary/aromatic N) is 4. The van der Waals surface area contributed by atoms with E-state index in [-0.39, 0.29) is 23.7 Å². The van der Waals surface area contributed by atoms with Gasteiger partial charge in [0.05, 0.1) is 10.0 Å². The Kier molecular flexibility index (Phi) is 7.17. The van der Waals surface area contributed by atoms with Gasteiger partial charge in [-0.3, -0.25) is 4.79 Å². The van der Waals surface area contributed by atoms with E-state index < -0.39 is 16.1 Å². The van der Waals surface area contributed by atoms with Crippen molar-refractivity contribution in [3.63, 3.8) is 0 Å². The molecule has 4 fully saturated rings. The summed E-state index contributed by atoms with van der Waals surface area (Å²) in [4.78, 5) is 19.4. The number of carbonyl (C=O) groups excluding carboxylic acids is 1. The number of piperidine rings is 1. The monoisotopic (exact) mass is 644 g/mol. The van der Waals surface area contributed by atoms with Crippen LogP contribution in [0.15, 0.2) is 45.3 Å². The summed E-state index contributed by atoms with van der Waals surface area (Å²) in [5, 5.41) is 9.23. The Hall–Kier alpha value is -3.16. The van der Waals surface area contributed by atoms with Gasteiger partial charge < -0.3 is 19.2 Å². The van der Waals surface area contributed by atoms with Gasteiger partial charge in [-0.05, 0) is 62.4 Å². The smallest absolute Gasteiger partial charge is 0.303 e. The molecular weight excluding hydrogens is 615 g/mol. The molecule has 2 N–H and O–H groups in total. The summed E-state index contributed by atoms with van der Waals surface area (Å²) in [5.74, 6) is 0.568. The summed E-state index contributed by atoms with van der Waals surface area (Å²) in [6, 6.07) is 11.5. The number of hydrogen-bond acceptors (Lipinski definition) is 9. The van der Waals surface area contributed by atoms with Crippen LogP contribution in [0.4, 0.5) is 6.01 Å². The zero-order valence-corrected chi connectivity index (χ0v) is 25.8. The van der Waals surface area contributed by atoms with E-state index in [1.165, 1.54) is 26.2 Å². The molecule has 4 aliphatic rings. The van der Waals surface area contributed by atoms with E-state index >= 15 is 0 Å². The lowest BCUT2D eigenvalue weighted by molar-refractivity contribution is 0.0979. The van der Waals surface area contributed by atoms with Crippen LogP contribution in [0.1, 0.15) is 59.7 Å². The first kappa shape index (κ1) is 28.6. The molecule has 1 amide bonds. The first-order valence-corrected chi connectivity index (χ1v) is 16.4. The highest BCUT2D eigenvalue weighted by Gasteiger charge is 2.47. The van der Waals surface area contributed by atoms with Gasteiger partial charge in [0, 0.05) is 61.4 Å². The van der Waals surface area contributed by atoms with Crippen LogP contribution in [-0.4, -0.2) is 61.0 Å². The molecule has 226 valence electrons. The molecular formula is C29H30Cl2N6O5S. The number of fused-ring (bicyclic) bond motifs is 3. The van der Waals surface area contributed by atoms with Crippen LogP contribution in [-0.2, 0) is 16.8 Å². The van der Waals surface area contributed by atoms with Gasteiger partial charge in [0.2, 0.25) is 0 Å². The van der Waals surface area contributed by atoms with Gasteiger partial charge in [-0.1, -0.05) is 34.4 Å². The number of amides is 1. The van der Waals surface area contributed by atoms with Crippen LogP contribution in [0.5, 0.6) is 0 Å². The topological polar surface area (TPSA) is 134 Å². The maximum atomic E-state index is 12.5. The highest BCUT2D eigenvalue weighted by atomic mass is 35.5. The van der Waals surface area contributed by atoms with Crippen molar-refractivity contribution in [2.75, 3.05) is 19.0 Å². The van der Waals surface area contributed by atoms with Gasteiger partial charge in [0.1, 0.15) is 17.0 Å². The van der Waals surface area contributed by atoms with Crippen molar-refractivity contribution in [2.24, 2.45) is 0 Å². The number of rotatable bonds is 9. The van der Waals surface area contributed by atoms with E-state index in [0.29, 0.717) is 50.9 Å². The second-order valence-corrected chi connectivity index (χ2v) is 14.3. The van der Waals surface area contributed by atoms with Crippen LogP contribution in [0.3, 0.4) is 0 Å². The van der Waals surface area contributed by atoms with Crippen molar-refractivity contribution in [1.29, 1.82) is 0 Å². The minimum absolute atomic E-state index is 0.172. The summed E-state index contributed by atoms with van der Waals surface area (Å²) in [6.07, 6.45) is 5.06. The van der Waals surface area contributed by atoms with Crippen molar-refractivity contribution >= 4 is 56.4 Å². The van der Waals surface area contributed by atoms with E-state index in [2.05, 4.69) is 20.4 Å². The van der Waals surface area contributed by atoms with E-state index in [9.17, 15) is 13.2 Å². The van der Waals surface area contributed by atoms with Crippen LogP contribution in [0.25, 0.3) is 22.4 Å². The van der Waals surface area contributed by atoms with E-state index in [0.717, 1.165) is 47.7 Å². The van der Waals surface area contributed by atoms with E-state index in [1.54, 1.807) is 6.07 Å². The number of halogens is 2. The Morgan fingerprint density at radius 2 is 1.81 bits per heavy atom. The Morgan fingerprint density at radius 1 is 1.09 bits per heavy atom. The van der Waals surface area contributed by atoms with Gasteiger partial charge in [-0.2, -0.15) is 17.7 Å². The maximum absolute atomic E-state index is 12.5. The molecule has 2 saturated carbocycles. The minimum Gasteiger partial charge on any atom is -0.423 e. The lowest BCUT2D eigenvalue weighted by atomic mass is 9.77. The normalized spacial score (nSPS) is 21.8. The third-order valence-electron chi connectivity index (χ3n) is 8.54. The Morgan fingerprint density at radius 3 is 2.49 bits per heavy atom. The molecule has 4 heterocycles. The Bertz CT molecular complexity index is 1800. The van der Waals surface area contributed by atoms with Crippen molar-refractivity contribution in [1.82, 2.24) is 24.5 Å². The van der Waals surface area contributed by atoms with Gasteiger partial charge >= 0.3 is 10.2 Å². The fourth-order valence-electron chi connectivity index (χ4n) is 6.11. The number of aromatic nitrogens is 2. The predicted molar refractivity (Wildman–Crippen MR) is 163 cm³/mol. The molecule has 2 saturated heterocycles. The van der Waals surface area contributed by atoms with Gasteiger partial charge in [0.25, 0.3) is 11.9 Å². The molecule has 2 aliphatic carbocycles. The van der Waals surface area contributed by atoms with E-state index in [4.69, 9.17) is 32.1 Å². The fourth-order valence-corrected chi connectivity index (χ4v) is 7.22. The second-order valence-electron chi connectivity index (χ2n) is 11.6. The highest BCUT2D eigenvalue weighted by Crippen LogP contribution is 2.46. The van der Waals surface area contributed by atoms with E-state index in [1.807, 2.05) is 22.9 Å². The quantitative estimate of drug-likeness (QED) is 0.255. The van der Waals surface area contributed by atoms with Crippen LogP contribution >= 0.6 is 23.2 Å². The number of anilines is 1. The molecule has 2 atom stereocenters. The second kappa shape index (κ2) is 10.8. The number of hydrogen-bond donors (Lipinski definition) is 2. The molecule has 2 aliphatic heterocycles. The molecule has 2 aromatic carbocycles. The Balaban J connectivity index is 1.04. The number of oxazole rings is 1. The molecule has 11 nitrogen and oxygen atoms in total. The average Bonchev–Trinajstić information content (AvgIpc) is 3.59. The SMILES string of the molecule is CN(C)S(=O)(=O)NC(=O)c1ccc2nc(N3C4CC(NCc5c(-c6c(Cl)cccc6Cl)noc5C5CC5)CC3C4)oc2c1. The fraction of sp³-hybridized carbons (Fsp3) is 0.414. The molecule has 14 heteroatoms. The molecule has 2 bridgehead atoms. The Labute approximate surface area is 258 Å². The molecule has 0 radical (unpaired) electrons. The predicted octanol–water partition coefficient (Wildman–Crippen LogP) is 5.10. The first-order chi connectivity index (χ1) is 20.6. The maximum Gasteiger partial charge on any atom is 0.303 e. The third-order valence-corrected chi connectivity index (χ3v) is 10.6. The standard InChI is InChI=1S/C29H30Cl2N6O5S/c1-36(2)43(39,40)35-28(38)16-8-9-23-24(10-16)41-29(33-23)37-18-11-17(12-19(37)13-18)32-14-20-26(34-42-27(20)15-6-7-15)25-21(30)4-3-5-22(25)31/h3-5,8-10,15,17-19,32H,6-7,11-14H2,1-2H3,(H,35,38). The van der Waals surface area contributed by atoms with Crippen molar-refractivity contribution in [3.8, 4) is 11.3 Å². The molecule has 2 aromatic heterocycles. The molecule has 4 aromatic rings. The summed E-state index contributed by atoms with van der Waals surface area (Å²) in [5.41, 5.74) is 3.62. The molecule has 0 spiro atoms. The molecule has 8 rings (SSSR count). The van der Waals surface area contributed by atoms with Crippen molar-refractivity contribution in [3.05, 3.63) is 63.3 Å². The zero-order valence-electron chi connectivity index (χ0n) is 23.5.